The lowest BCUT2D eigenvalue weighted by molar-refractivity contribution is -0.139. The molecule has 0 radical (unpaired) electrons. The highest BCUT2D eigenvalue weighted by atomic mass is 32.2. The minimum atomic E-state index is -4.84. The summed E-state index contributed by atoms with van der Waals surface area (Å²) in [5.41, 5.74) is -2.20. The lowest BCUT2D eigenvalue weighted by atomic mass is 10.0. The van der Waals surface area contributed by atoms with Crippen LogP contribution in [0.25, 0.3) is 0 Å². The Kier molecular flexibility index (Phi) is 5.86. The minimum Gasteiger partial charge on any atom is -0.490 e. The number of ether oxygens (including phenoxy) is 1. The lowest BCUT2D eigenvalue weighted by Gasteiger charge is -2.21. The van der Waals surface area contributed by atoms with Crippen molar-refractivity contribution >= 4 is 15.7 Å². The van der Waals surface area contributed by atoms with Crippen LogP contribution in [0.1, 0.15) is 31.2 Å². The molecule has 2 fully saturated rings. The highest BCUT2D eigenvalue weighted by Gasteiger charge is 2.51. The number of sulfone groups is 1. The Bertz CT molecular complexity index is 1190. The molecule has 0 aliphatic heterocycles. The molecule has 2 aliphatic rings. The van der Waals surface area contributed by atoms with Gasteiger partial charge in [-0.15, -0.1) is 0 Å². The number of para-hydroxylation sites is 1. The third-order valence-electron chi connectivity index (χ3n) is 6.09. The molecule has 0 bridgehead atoms. The van der Waals surface area contributed by atoms with E-state index in [1.54, 1.807) is 30.3 Å². The van der Waals surface area contributed by atoms with Crippen LogP contribution >= 0.6 is 0 Å². The first kappa shape index (κ1) is 23.1. The molecule has 1 N–H and O–H groups in total. The largest absolute Gasteiger partial charge is 0.490 e. The second-order valence-corrected chi connectivity index (χ2v) is 10.6. The number of carbonyl (C=O) groups excluding carboxylic acids is 1. The smallest absolute Gasteiger partial charge is 0.417 e. The number of halogens is 3. The van der Waals surface area contributed by atoms with Crippen LogP contribution in [0.15, 0.2) is 59.5 Å². The van der Waals surface area contributed by atoms with Gasteiger partial charge in [0, 0.05) is 6.42 Å². The summed E-state index contributed by atoms with van der Waals surface area (Å²) >= 11 is 0. The number of rotatable bonds is 6. The van der Waals surface area contributed by atoms with Crippen LogP contribution in [0.2, 0.25) is 0 Å². The van der Waals surface area contributed by atoms with Gasteiger partial charge in [-0.1, -0.05) is 30.3 Å². The summed E-state index contributed by atoms with van der Waals surface area (Å²) in [5, 5.41) is 10.7. The summed E-state index contributed by atoms with van der Waals surface area (Å²) in [4.78, 5) is 12.2. The highest BCUT2D eigenvalue weighted by Crippen LogP contribution is 2.42. The fraction of sp³-hybridized carbons (Fsp3) is 0.391. The monoisotopic (exact) mass is 478 g/mol. The Morgan fingerprint density at radius 2 is 1.70 bits per heavy atom. The topological polar surface area (TPSA) is 96.3 Å². The maximum atomic E-state index is 13.5. The summed E-state index contributed by atoms with van der Waals surface area (Å²) in [5.74, 6) is -1.05. The van der Waals surface area contributed by atoms with Gasteiger partial charge in [0.25, 0.3) is 0 Å². The van der Waals surface area contributed by atoms with E-state index in [1.165, 1.54) is 6.07 Å². The van der Waals surface area contributed by atoms with Gasteiger partial charge in [0.1, 0.15) is 17.4 Å². The average molecular weight is 478 g/mol. The number of hydrogen-bond donors (Lipinski definition) is 1. The number of benzene rings is 2. The quantitative estimate of drug-likeness (QED) is 0.680. The van der Waals surface area contributed by atoms with Crippen LogP contribution in [-0.2, 0) is 20.8 Å². The first-order valence-electron chi connectivity index (χ1n) is 10.4. The first-order chi connectivity index (χ1) is 15.6. The molecule has 2 aliphatic carbocycles. The molecular formula is C23H21F3N2O4S. The number of carbonyl (C=O) groups is 1. The zero-order valence-electron chi connectivity index (χ0n) is 17.4. The number of hydrogen-bond acceptors (Lipinski definition) is 5. The SMILES string of the molecule is N#CC1(NC(=O)[C@@H]2CC(S(=O)(=O)c3ccccc3C(F)(F)F)C[C@H]2Oc2ccccc2)CC1. The van der Waals surface area contributed by atoms with Crippen LogP contribution in [-0.4, -0.2) is 31.2 Å². The summed E-state index contributed by atoms with van der Waals surface area (Å²) in [6.45, 7) is 0. The molecule has 0 spiro atoms. The van der Waals surface area contributed by atoms with Crippen LogP contribution in [0, 0.1) is 17.2 Å². The molecule has 3 atom stereocenters. The predicted octanol–water partition coefficient (Wildman–Crippen LogP) is 3.88. The van der Waals surface area contributed by atoms with Gasteiger partial charge in [-0.05, 0) is 43.5 Å². The molecule has 4 rings (SSSR count). The molecule has 0 saturated heterocycles. The third kappa shape index (κ3) is 4.69. The van der Waals surface area contributed by atoms with E-state index in [0.29, 0.717) is 18.6 Å². The fourth-order valence-electron chi connectivity index (χ4n) is 4.13. The molecule has 0 aromatic heterocycles. The number of nitriles is 1. The van der Waals surface area contributed by atoms with E-state index >= 15 is 0 Å². The van der Waals surface area contributed by atoms with Crippen molar-refractivity contribution in [3.05, 3.63) is 60.2 Å². The molecule has 0 heterocycles. The fourth-order valence-corrected chi connectivity index (χ4v) is 6.16. The van der Waals surface area contributed by atoms with Crippen LogP contribution in [0.3, 0.4) is 0 Å². The van der Waals surface area contributed by atoms with Crippen molar-refractivity contribution in [2.24, 2.45) is 5.92 Å². The summed E-state index contributed by atoms with van der Waals surface area (Å²) < 4.78 is 72.9. The number of nitrogens with one attached hydrogen (secondary N) is 1. The average Bonchev–Trinajstić information content (AvgIpc) is 3.42. The van der Waals surface area contributed by atoms with E-state index in [4.69, 9.17) is 4.74 Å². The van der Waals surface area contributed by atoms with E-state index in [9.17, 15) is 31.6 Å². The molecule has 1 unspecified atom stereocenters. The van der Waals surface area contributed by atoms with Gasteiger partial charge in [0.15, 0.2) is 9.84 Å². The summed E-state index contributed by atoms with van der Waals surface area (Å²) in [7, 11) is -4.42. The first-order valence-corrected chi connectivity index (χ1v) is 12.0. The Hall–Kier alpha value is -3.06. The Morgan fingerprint density at radius 1 is 1.06 bits per heavy atom. The van der Waals surface area contributed by atoms with Crippen LogP contribution < -0.4 is 10.1 Å². The van der Waals surface area contributed by atoms with E-state index in [2.05, 4.69) is 5.32 Å². The summed E-state index contributed by atoms with van der Waals surface area (Å²) in [6, 6.07) is 14.6. The zero-order valence-corrected chi connectivity index (χ0v) is 18.2. The molecule has 6 nitrogen and oxygen atoms in total. The van der Waals surface area contributed by atoms with Crippen LogP contribution in [0.5, 0.6) is 5.75 Å². The molecule has 33 heavy (non-hydrogen) atoms. The van der Waals surface area contributed by atoms with E-state index in [0.717, 1.165) is 18.2 Å². The molecule has 10 heteroatoms. The molecule has 2 saturated carbocycles. The van der Waals surface area contributed by atoms with Crippen molar-refractivity contribution in [3.63, 3.8) is 0 Å². The van der Waals surface area contributed by atoms with Crippen molar-refractivity contribution in [2.75, 3.05) is 0 Å². The Labute approximate surface area is 189 Å². The van der Waals surface area contributed by atoms with Crippen molar-refractivity contribution in [1.82, 2.24) is 5.32 Å². The normalized spacial score (nSPS) is 24.0. The number of nitrogens with zero attached hydrogens (tertiary/aromatic N) is 1. The van der Waals surface area contributed by atoms with Gasteiger partial charge in [-0.25, -0.2) is 8.42 Å². The van der Waals surface area contributed by atoms with E-state index in [1.807, 2.05) is 6.07 Å². The van der Waals surface area contributed by atoms with Crippen molar-refractivity contribution < 1.29 is 31.1 Å². The lowest BCUT2D eigenvalue weighted by Crippen LogP contribution is -2.43. The maximum Gasteiger partial charge on any atom is 0.417 e. The second-order valence-electron chi connectivity index (χ2n) is 8.39. The highest BCUT2D eigenvalue weighted by molar-refractivity contribution is 7.92. The van der Waals surface area contributed by atoms with Gasteiger partial charge < -0.3 is 10.1 Å². The van der Waals surface area contributed by atoms with Gasteiger partial charge in [-0.2, -0.15) is 18.4 Å². The number of alkyl halides is 3. The molecule has 174 valence electrons. The second kappa shape index (κ2) is 8.37. The zero-order chi connectivity index (χ0) is 23.9. The van der Waals surface area contributed by atoms with E-state index < -0.39 is 55.2 Å². The van der Waals surface area contributed by atoms with Crippen molar-refractivity contribution in [1.29, 1.82) is 5.26 Å². The van der Waals surface area contributed by atoms with Crippen molar-refractivity contribution in [3.8, 4) is 11.8 Å². The standard InChI is InChI=1S/C23H21F3N2O4S/c24-23(25,26)18-8-4-5-9-20(18)33(30,31)16-12-17(21(29)28-22(14-27)10-11-22)19(13-16)32-15-6-2-1-3-7-15/h1-9,16-17,19H,10-13H2,(H,28,29)/t16?,17-,19-/m1/s1. The Morgan fingerprint density at radius 3 is 2.30 bits per heavy atom. The molecule has 1 amide bonds. The minimum absolute atomic E-state index is 0.152. The van der Waals surface area contributed by atoms with Gasteiger partial charge in [-0.3, -0.25) is 4.79 Å². The number of amides is 1. The van der Waals surface area contributed by atoms with Crippen LogP contribution in [0.4, 0.5) is 13.2 Å². The Balaban J connectivity index is 1.65. The predicted molar refractivity (Wildman–Crippen MR) is 112 cm³/mol. The van der Waals surface area contributed by atoms with Gasteiger partial charge >= 0.3 is 6.18 Å². The van der Waals surface area contributed by atoms with Crippen molar-refractivity contribution in [2.45, 2.75) is 53.6 Å². The van der Waals surface area contributed by atoms with Gasteiger partial charge in [0.2, 0.25) is 5.91 Å². The third-order valence-corrected chi connectivity index (χ3v) is 8.32. The van der Waals surface area contributed by atoms with Gasteiger partial charge in [0.05, 0.1) is 27.7 Å². The summed E-state index contributed by atoms with van der Waals surface area (Å²) in [6.07, 6.45) is -5.09. The molecule has 2 aromatic rings. The van der Waals surface area contributed by atoms with E-state index in [-0.39, 0.29) is 12.8 Å². The molecule has 2 aromatic carbocycles. The maximum absolute atomic E-state index is 13.5. The molecular weight excluding hydrogens is 457 g/mol.